The number of hydrogen-bond acceptors (Lipinski definition) is 6. The van der Waals surface area contributed by atoms with Crippen LogP contribution in [0.2, 0.25) is 0 Å². The molecular weight excluding hydrogens is 368 g/mol. The van der Waals surface area contributed by atoms with E-state index >= 15 is 0 Å². The molecule has 0 unspecified atom stereocenters. The molecule has 1 aliphatic heterocycles. The second kappa shape index (κ2) is 8.64. The zero-order valence-electron chi connectivity index (χ0n) is 16.0. The van der Waals surface area contributed by atoms with Gasteiger partial charge in [-0.2, -0.15) is 0 Å². The third-order valence-corrected chi connectivity index (χ3v) is 4.86. The molecule has 0 aliphatic carbocycles. The van der Waals surface area contributed by atoms with Crippen molar-refractivity contribution in [3.05, 3.63) is 65.5 Å². The van der Waals surface area contributed by atoms with Crippen LogP contribution in [0.1, 0.15) is 19.3 Å². The molecule has 148 valence electrons. The Balaban J connectivity index is 1.43. The summed E-state index contributed by atoms with van der Waals surface area (Å²) >= 11 is 0. The molecule has 0 saturated carbocycles. The summed E-state index contributed by atoms with van der Waals surface area (Å²) in [6.07, 6.45) is 6.35. The number of hydrogen-bond donors (Lipinski definition) is 1. The van der Waals surface area contributed by atoms with E-state index in [1.54, 1.807) is 6.07 Å². The Kier molecular flexibility index (Phi) is 5.60. The van der Waals surface area contributed by atoms with Gasteiger partial charge in [0.15, 0.2) is 0 Å². The first kappa shape index (κ1) is 18.8. The van der Waals surface area contributed by atoms with Crippen LogP contribution in [0.3, 0.4) is 0 Å². The van der Waals surface area contributed by atoms with Crippen LogP contribution in [-0.2, 0) is 11.3 Å². The van der Waals surface area contributed by atoms with Crippen molar-refractivity contribution in [3.63, 3.8) is 0 Å². The Hall–Kier alpha value is -3.55. The molecule has 1 aliphatic rings. The lowest BCUT2D eigenvalue weighted by Gasteiger charge is -2.27. The number of anilines is 2. The molecule has 1 aromatic carbocycles. The summed E-state index contributed by atoms with van der Waals surface area (Å²) in [6, 6.07) is 12.6. The minimum atomic E-state index is -0.343. The molecule has 2 aromatic heterocycles. The average Bonchev–Trinajstić information content (AvgIpc) is 2.76. The Labute approximate surface area is 168 Å². The number of benzene rings is 1. The van der Waals surface area contributed by atoms with E-state index in [9.17, 15) is 9.59 Å². The lowest BCUT2D eigenvalue weighted by atomic mass is 10.1. The molecule has 8 heteroatoms. The molecule has 1 N–H and O–H groups in total. The van der Waals surface area contributed by atoms with E-state index in [1.165, 1.54) is 29.7 Å². The van der Waals surface area contributed by atoms with Crippen LogP contribution in [-0.4, -0.2) is 38.5 Å². The van der Waals surface area contributed by atoms with Crippen LogP contribution in [0.4, 0.5) is 11.6 Å². The maximum absolute atomic E-state index is 12.4. The summed E-state index contributed by atoms with van der Waals surface area (Å²) in [5.74, 6) is 0.887. The minimum Gasteiger partial charge on any atom is -0.356 e. The normalized spacial score (nSPS) is 13.9. The van der Waals surface area contributed by atoms with E-state index in [1.807, 2.05) is 30.3 Å². The van der Waals surface area contributed by atoms with Crippen molar-refractivity contribution in [3.8, 4) is 11.3 Å². The number of aromatic nitrogens is 4. The summed E-state index contributed by atoms with van der Waals surface area (Å²) < 4.78 is 1.27. The molecule has 1 fully saturated rings. The highest BCUT2D eigenvalue weighted by Crippen LogP contribution is 2.19. The molecule has 0 radical (unpaired) electrons. The Morgan fingerprint density at radius 3 is 2.55 bits per heavy atom. The second-order valence-corrected chi connectivity index (χ2v) is 6.96. The third kappa shape index (κ3) is 4.66. The molecule has 8 nitrogen and oxygen atoms in total. The minimum absolute atomic E-state index is 0.135. The van der Waals surface area contributed by atoms with Gasteiger partial charge in [-0.25, -0.2) is 15.0 Å². The quantitative estimate of drug-likeness (QED) is 0.719. The van der Waals surface area contributed by atoms with Crippen molar-refractivity contribution in [2.75, 3.05) is 23.3 Å². The lowest BCUT2D eigenvalue weighted by Crippen LogP contribution is -2.30. The highest BCUT2D eigenvalue weighted by atomic mass is 16.2. The predicted molar refractivity (Wildman–Crippen MR) is 111 cm³/mol. The van der Waals surface area contributed by atoms with Crippen molar-refractivity contribution >= 4 is 17.5 Å². The fourth-order valence-electron chi connectivity index (χ4n) is 3.36. The number of nitrogens with one attached hydrogen (secondary N) is 1. The number of amides is 1. The van der Waals surface area contributed by atoms with E-state index in [-0.39, 0.29) is 18.0 Å². The fourth-order valence-corrected chi connectivity index (χ4v) is 3.36. The smallest absolute Gasteiger partial charge is 0.254 e. The van der Waals surface area contributed by atoms with Gasteiger partial charge in [0.05, 0.1) is 12.0 Å². The van der Waals surface area contributed by atoms with Gasteiger partial charge in [0.2, 0.25) is 5.91 Å². The zero-order valence-corrected chi connectivity index (χ0v) is 16.0. The Morgan fingerprint density at radius 2 is 1.79 bits per heavy atom. The maximum atomic E-state index is 12.4. The number of carbonyl (C=O) groups excluding carboxylic acids is 1. The highest BCUT2D eigenvalue weighted by molar-refractivity contribution is 5.89. The van der Waals surface area contributed by atoms with Gasteiger partial charge in [-0.3, -0.25) is 14.2 Å². The van der Waals surface area contributed by atoms with Gasteiger partial charge in [0.25, 0.3) is 5.56 Å². The van der Waals surface area contributed by atoms with E-state index < -0.39 is 0 Å². The van der Waals surface area contributed by atoms with Crippen molar-refractivity contribution in [2.45, 2.75) is 25.8 Å². The van der Waals surface area contributed by atoms with Crippen molar-refractivity contribution in [1.29, 1.82) is 0 Å². The first-order valence-electron chi connectivity index (χ1n) is 9.68. The average molecular weight is 390 g/mol. The molecule has 3 heterocycles. The number of nitrogens with zero attached hydrogens (tertiary/aromatic N) is 5. The topological polar surface area (TPSA) is 93.0 Å². The van der Waals surface area contributed by atoms with Gasteiger partial charge in [0, 0.05) is 30.8 Å². The van der Waals surface area contributed by atoms with Crippen LogP contribution in [0.25, 0.3) is 11.3 Å². The molecule has 1 amide bonds. The first-order chi connectivity index (χ1) is 14.2. The van der Waals surface area contributed by atoms with Gasteiger partial charge in [-0.15, -0.1) is 0 Å². The van der Waals surface area contributed by atoms with Gasteiger partial charge < -0.3 is 10.2 Å². The van der Waals surface area contributed by atoms with E-state index in [0.29, 0.717) is 11.5 Å². The van der Waals surface area contributed by atoms with Gasteiger partial charge in [-0.05, 0) is 19.3 Å². The lowest BCUT2D eigenvalue weighted by molar-refractivity contribution is -0.116. The monoisotopic (exact) mass is 390 g/mol. The molecular formula is C21H22N6O2. The molecule has 4 rings (SSSR count). The number of rotatable bonds is 5. The van der Waals surface area contributed by atoms with E-state index in [4.69, 9.17) is 0 Å². The van der Waals surface area contributed by atoms with Crippen LogP contribution in [0.15, 0.2) is 59.9 Å². The largest absolute Gasteiger partial charge is 0.356 e. The molecule has 1 saturated heterocycles. The second-order valence-electron chi connectivity index (χ2n) is 6.96. The predicted octanol–water partition coefficient (Wildman–Crippen LogP) is 2.33. The summed E-state index contributed by atoms with van der Waals surface area (Å²) in [5, 5.41) is 2.74. The maximum Gasteiger partial charge on any atom is 0.254 e. The fraction of sp³-hybridized carbons (Fsp3) is 0.286. The van der Waals surface area contributed by atoms with Crippen molar-refractivity contribution < 1.29 is 4.79 Å². The van der Waals surface area contributed by atoms with E-state index in [2.05, 4.69) is 25.2 Å². The molecule has 0 spiro atoms. The highest BCUT2D eigenvalue weighted by Gasteiger charge is 2.14. The third-order valence-electron chi connectivity index (χ3n) is 4.86. The van der Waals surface area contributed by atoms with Gasteiger partial charge >= 0.3 is 0 Å². The number of piperidine rings is 1. The summed E-state index contributed by atoms with van der Waals surface area (Å²) in [7, 11) is 0. The Bertz CT molecular complexity index is 1040. The van der Waals surface area contributed by atoms with Crippen molar-refractivity contribution in [1.82, 2.24) is 19.5 Å². The standard InChI is InChI=1S/C21H22N6O2/c28-20(25-18-12-19(23-14-22-18)26-9-5-2-6-10-26)13-27-15-24-17(11-21(27)29)16-7-3-1-4-8-16/h1,3-4,7-8,11-12,14-15H,2,5-6,9-10,13H2,(H,22,23,25,28). The van der Waals surface area contributed by atoms with Crippen molar-refractivity contribution in [2.24, 2.45) is 0 Å². The van der Waals surface area contributed by atoms with Gasteiger partial charge in [0.1, 0.15) is 24.5 Å². The van der Waals surface area contributed by atoms with E-state index in [0.717, 1.165) is 37.3 Å². The molecule has 3 aromatic rings. The zero-order chi connectivity index (χ0) is 20.1. The van der Waals surface area contributed by atoms with Crippen LogP contribution in [0, 0.1) is 0 Å². The number of carbonyl (C=O) groups is 1. The summed E-state index contributed by atoms with van der Waals surface area (Å²) in [6.45, 7) is 1.78. The molecule has 0 bridgehead atoms. The molecule has 29 heavy (non-hydrogen) atoms. The van der Waals surface area contributed by atoms with Crippen LogP contribution < -0.4 is 15.8 Å². The molecule has 0 atom stereocenters. The van der Waals surface area contributed by atoms with Crippen LogP contribution in [0.5, 0.6) is 0 Å². The SMILES string of the molecule is O=C(Cn1cnc(-c2ccccc2)cc1=O)Nc1cc(N2CCCCC2)ncn1. The van der Waals surface area contributed by atoms with Gasteiger partial charge in [-0.1, -0.05) is 30.3 Å². The summed E-state index contributed by atoms with van der Waals surface area (Å²) in [4.78, 5) is 39.7. The van der Waals surface area contributed by atoms with Crippen LogP contribution >= 0.6 is 0 Å². The summed E-state index contributed by atoms with van der Waals surface area (Å²) in [5.41, 5.74) is 1.15. The first-order valence-corrected chi connectivity index (χ1v) is 9.68. The Morgan fingerprint density at radius 1 is 1.00 bits per heavy atom.